The van der Waals surface area contributed by atoms with Crippen molar-refractivity contribution in [3.63, 3.8) is 0 Å². The Bertz CT molecular complexity index is 1220. The summed E-state index contributed by atoms with van der Waals surface area (Å²) in [6.45, 7) is 4.38. The fourth-order valence-electron chi connectivity index (χ4n) is 3.78. The summed E-state index contributed by atoms with van der Waals surface area (Å²) in [5.74, 6) is -0.123. The van der Waals surface area contributed by atoms with Gasteiger partial charge in [-0.15, -0.1) is 0 Å². The lowest BCUT2D eigenvalue weighted by atomic mass is 10.1. The number of hydrogen-bond donors (Lipinski definition) is 0. The molecule has 5 nitrogen and oxygen atoms in total. The smallest absolute Gasteiger partial charge is 0.264 e. The van der Waals surface area contributed by atoms with E-state index in [0.29, 0.717) is 17.8 Å². The van der Waals surface area contributed by atoms with Gasteiger partial charge in [-0.25, -0.2) is 8.42 Å². The predicted octanol–water partition coefficient (Wildman–Crippen LogP) is 4.33. The van der Waals surface area contributed by atoms with E-state index in [1.165, 1.54) is 11.4 Å². The van der Waals surface area contributed by atoms with Gasteiger partial charge in [-0.2, -0.15) is 0 Å². The van der Waals surface area contributed by atoms with Crippen molar-refractivity contribution in [3.05, 3.63) is 89.0 Å². The average Bonchev–Trinajstić information content (AvgIpc) is 3.17. The molecular formula is C24H24N2O3S. The number of carbonyl (C=O) groups is 1. The first kappa shape index (κ1) is 20.2. The molecule has 0 aliphatic carbocycles. The molecule has 0 bridgehead atoms. The van der Waals surface area contributed by atoms with E-state index in [2.05, 4.69) is 0 Å². The van der Waals surface area contributed by atoms with E-state index in [9.17, 15) is 13.2 Å². The molecule has 3 aromatic carbocycles. The van der Waals surface area contributed by atoms with E-state index >= 15 is 0 Å². The zero-order valence-electron chi connectivity index (χ0n) is 17.3. The van der Waals surface area contributed by atoms with Crippen molar-refractivity contribution >= 4 is 27.3 Å². The van der Waals surface area contributed by atoms with Gasteiger partial charge in [0.25, 0.3) is 15.9 Å². The largest absolute Gasteiger partial charge is 0.308 e. The number of nitrogens with zero attached hydrogens (tertiary/aromatic N) is 2. The maximum absolute atomic E-state index is 13.2. The fraction of sp³-hybridized carbons (Fsp3) is 0.208. The third-order valence-electron chi connectivity index (χ3n) is 5.61. The van der Waals surface area contributed by atoms with Crippen molar-refractivity contribution in [1.82, 2.24) is 0 Å². The maximum atomic E-state index is 13.2. The Morgan fingerprint density at radius 1 is 0.967 bits per heavy atom. The summed E-state index contributed by atoms with van der Waals surface area (Å²) < 4.78 is 27.5. The molecule has 0 aromatic heterocycles. The molecule has 0 radical (unpaired) electrons. The van der Waals surface area contributed by atoms with Gasteiger partial charge in [0, 0.05) is 24.8 Å². The second-order valence-electron chi connectivity index (χ2n) is 7.62. The van der Waals surface area contributed by atoms with Gasteiger partial charge in [0.05, 0.1) is 10.6 Å². The number of rotatable bonds is 4. The average molecular weight is 421 g/mol. The zero-order chi connectivity index (χ0) is 21.5. The van der Waals surface area contributed by atoms with E-state index in [-0.39, 0.29) is 10.8 Å². The number of amides is 1. The maximum Gasteiger partial charge on any atom is 0.264 e. The van der Waals surface area contributed by atoms with Crippen LogP contribution in [0.2, 0.25) is 0 Å². The van der Waals surface area contributed by atoms with Gasteiger partial charge >= 0.3 is 0 Å². The lowest BCUT2D eigenvalue weighted by molar-refractivity contribution is 0.0989. The van der Waals surface area contributed by atoms with E-state index in [4.69, 9.17) is 0 Å². The number of sulfonamides is 1. The molecule has 0 atom stereocenters. The minimum Gasteiger partial charge on any atom is -0.308 e. The Kier molecular flexibility index (Phi) is 5.12. The van der Waals surface area contributed by atoms with Crippen LogP contribution in [0.1, 0.15) is 27.0 Å². The summed E-state index contributed by atoms with van der Waals surface area (Å²) in [5.41, 5.74) is 4.81. The summed E-state index contributed by atoms with van der Waals surface area (Å²) >= 11 is 0. The van der Waals surface area contributed by atoms with Crippen molar-refractivity contribution in [3.8, 4) is 0 Å². The van der Waals surface area contributed by atoms with Crippen LogP contribution >= 0.6 is 0 Å². The molecular weight excluding hydrogens is 396 g/mol. The first-order valence-corrected chi connectivity index (χ1v) is 11.3. The summed E-state index contributed by atoms with van der Waals surface area (Å²) in [6, 6.07) is 19.9. The quantitative estimate of drug-likeness (QED) is 0.631. The standard InChI is InChI=1S/C24H24N2O3S/c1-17-8-12-21(13-9-17)30(28,29)25(3)23-16-20(11-10-18(23)2)24(27)26-15-14-19-6-4-5-7-22(19)26/h4-13,16H,14-15H2,1-3H3. The third-order valence-corrected chi connectivity index (χ3v) is 7.39. The highest BCUT2D eigenvalue weighted by atomic mass is 32.2. The van der Waals surface area contributed by atoms with Gasteiger partial charge < -0.3 is 4.90 Å². The van der Waals surface area contributed by atoms with Gasteiger partial charge in [0.1, 0.15) is 0 Å². The monoisotopic (exact) mass is 420 g/mol. The van der Waals surface area contributed by atoms with E-state index in [1.807, 2.05) is 38.1 Å². The Morgan fingerprint density at radius 3 is 2.40 bits per heavy atom. The predicted molar refractivity (Wildman–Crippen MR) is 120 cm³/mol. The van der Waals surface area contributed by atoms with Crippen molar-refractivity contribution < 1.29 is 13.2 Å². The Morgan fingerprint density at radius 2 is 1.67 bits per heavy atom. The van der Waals surface area contributed by atoms with Gasteiger partial charge in [-0.1, -0.05) is 42.0 Å². The highest BCUT2D eigenvalue weighted by Crippen LogP contribution is 2.31. The minimum absolute atomic E-state index is 0.123. The second-order valence-corrected chi connectivity index (χ2v) is 9.59. The van der Waals surface area contributed by atoms with Gasteiger partial charge in [0.2, 0.25) is 0 Å². The van der Waals surface area contributed by atoms with E-state index < -0.39 is 10.0 Å². The number of aryl methyl sites for hydroxylation is 2. The summed E-state index contributed by atoms with van der Waals surface area (Å²) in [5, 5.41) is 0. The van der Waals surface area contributed by atoms with Crippen molar-refractivity contribution in [2.75, 3.05) is 22.8 Å². The number of para-hydroxylation sites is 1. The lowest BCUT2D eigenvalue weighted by Crippen LogP contribution is -2.30. The molecule has 6 heteroatoms. The summed E-state index contributed by atoms with van der Waals surface area (Å²) in [7, 11) is -2.21. The normalized spacial score (nSPS) is 13.2. The molecule has 0 saturated carbocycles. The molecule has 1 amide bonds. The van der Waals surface area contributed by atoms with Crippen molar-refractivity contribution in [1.29, 1.82) is 0 Å². The molecule has 1 heterocycles. The Balaban J connectivity index is 1.68. The molecule has 0 saturated heterocycles. The summed E-state index contributed by atoms with van der Waals surface area (Å²) in [6.07, 6.45) is 0.822. The van der Waals surface area contributed by atoms with E-state index in [0.717, 1.165) is 28.8 Å². The topological polar surface area (TPSA) is 57.7 Å². The minimum atomic E-state index is -3.73. The highest BCUT2D eigenvalue weighted by Gasteiger charge is 2.27. The molecule has 1 aliphatic heterocycles. The van der Waals surface area contributed by atoms with Crippen molar-refractivity contribution in [2.24, 2.45) is 0 Å². The van der Waals surface area contributed by atoms with Crippen LogP contribution in [0, 0.1) is 13.8 Å². The van der Waals surface area contributed by atoms with Gasteiger partial charge in [-0.3, -0.25) is 9.10 Å². The van der Waals surface area contributed by atoms with Crippen molar-refractivity contribution in [2.45, 2.75) is 25.2 Å². The molecule has 30 heavy (non-hydrogen) atoms. The second kappa shape index (κ2) is 7.61. The molecule has 0 unspecified atom stereocenters. The molecule has 0 N–H and O–H groups in total. The van der Waals surface area contributed by atoms with Crippen LogP contribution in [0.4, 0.5) is 11.4 Å². The number of carbonyl (C=O) groups excluding carboxylic acids is 1. The van der Waals surface area contributed by atoms with Crippen LogP contribution in [0.15, 0.2) is 71.6 Å². The number of benzene rings is 3. The highest BCUT2D eigenvalue weighted by molar-refractivity contribution is 7.92. The first-order chi connectivity index (χ1) is 14.3. The van der Waals surface area contributed by atoms with Crippen LogP contribution in [-0.4, -0.2) is 27.9 Å². The molecule has 4 rings (SSSR count). The molecule has 3 aromatic rings. The Labute approximate surface area is 177 Å². The van der Waals surface area contributed by atoms with E-state index in [1.54, 1.807) is 47.4 Å². The lowest BCUT2D eigenvalue weighted by Gasteiger charge is -2.23. The van der Waals surface area contributed by atoms with Crippen LogP contribution in [-0.2, 0) is 16.4 Å². The third kappa shape index (κ3) is 3.48. The summed E-state index contributed by atoms with van der Waals surface area (Å²) in [4.78, 5) is 15.2. The van der Waals surface area contributed by atoms with Crippen LogP contribution in [0.3, 0.4) is 0 Å². The van der Waals surface area contributed by atoms with Gasteiger partial charge in [-0.05, 0) is 61.7 Å². The number of anilines is 2. The van der Waals surface area contributed by atoms with Crippen LogP contribution in [0.25, 0.3) is 0 Å². The SMILES string of the molecule is Cc1ccc(S(=O)(=O)N(C)c2cc(C(=O)N3CCc4ccccc43)ccc2C)cc1. The molecule has 154 valence electrons. The fourth-order valence-corrected chi connectivity index (χ4v) is 5.04. The Hall–Kier alpha value is -3.12. The zero-order valence-corrected chi connectivity index (χ0v) is 18.1. The number of fused-ring (bicyclic) bond motifs is 1. The van der Waals surface area contributed by atoms with Crippen LogP contribution in [0.5, 0.6) is 0 Å². The molecule has 1 aliphatic rings. The van der Waals surface area contributed by atoms with Gasteiger partial charge in [0.15, 0.2) is 0 Å². The first-order valence-electron chi connectivity index (χ1n) is 9.85. The van der Waals surface area contributed by atoms with Crippen LogP contribution < -0.4 is 9.21 Å². The molecule has 0 fully saturated rings. The number of hydrogen-bond acceptors (Lipinski definition) is 3. The molecule has 0 spiro atoms.